The standard InChI is InChI=1S/C48H90O12S/c1-3-5-7-9-11-13-15-16-17-18-19-20-21-22-23-24-25-26-27-29-31-33-35-37-44(50)59-41(38-57-43(49)36-34-32-30-28-14-12-10-8-6-4-2)39-58-48-47(53)46(52)45(51)42(60-48)40-61(54,55)56/h18-19,41-42,45-48,51-53H,3-17,20-40H2,1-2H3,(H,54,55,56)/b19-18-. The second kappa shape index (κ2) is 38.8. The van der Waals surface area contributed by atoms with Crippen LogP contribution in [-0.2, 0) is 38.7 Å². The lowest BCUT2D eigenvalue weighted by molar-refractivity contribution is -0.297. The third kappa shape index (κ3) is 33.6. The summed E-state index contributed by atoms with van der Waals surface area (Å²) >= 11 is 0. The van der Waals surface area contributed by atoms with Crippen molar-refractivity contribution < 1.29 is 56.8 Å². The largest absolute Gasteiger partial charge is 0.462 e. The third-order valence-corrected chi connectivity index (χ3v) is 12.3. The van der Waals surface area contributed by atoms with E-state index >= 15 is 0 Å². The molecule has 12 nitrogen and oxygen atoms in total. The number of ether oxygens (including phenoxy) is 4. The Balaban J connectivity index is 2.32. The van der Waals surface area contributed by atoms with Crippen LogP contribution >= 0.6 is 0 Å². The first kappa shape index (κ1) is 57.4. The zero-order valence-electron chi connectivity index (χ0n) is 38.5. The molecular formula is C48H90O12S. The van der Waals surface area contributed by atoms with Crippen molar-refractivity contribution in [1.29, 1.82) is 0 Å². The van der Waals surface area contributed by atoms with Crippen molar-refractivity contribution in [2.24, 2.45) is 0 Å². The van der Waals surface area contributed by atoms with Crippen LogP contribution in [0.5, 0.6) is 0 Å². The summed E-state index contributed by atoms with van der Waals surface area (Å²) in [6.07, 6.45) is 32.7. The molecule has 13 heteroatoms. The number of rotatable bonds is 42. The van der Waals surface area contributed by atoms with Crippen molar-refractivity contribution >= 4 is 22.1 Å². The van der Waals surface area contributed by atoms with Crippen molar-refractivity contribution in [1.82, 2.24) is 0 Å². The van der Waals surface area contributed by atoms with Gasteiger partial charge in [0.05, 0.1) is 6.61 Å². The average Bonchev–Trinajstić information content (AvgIpc) is 3.22. The van der Waals surface area contributed by atoms with Crippen LogP contribution in [-0.4, -0.2) is 96.0 Å². The van der Waals surface area contributed by atoms with E-state index in [2.05, 4.69) is 26.0 Å². The molecule has 0 saturated carbocycles. The molecule has 1 aliphatic rings. The van der Waals surface area contributed by atoms with Crippen molar-refractivity contribution in [3.63, 3.8) is 0 Å². The summed E-state index contributed by atoms with van der Waals surface area (Å²) in [5, 5.41) is 30.9. The maximum atomic E-state index is 12.8. The minimum Gasteiger partial charge on any atom is -0.462 e. The Kier molecular flexibility index (Phi) is 36.5. The summed E-state index contributed by atoms with van der Waals surface area (Å²) in [6.45, 7) is 3.76. The van der Waals surface area contributed by atoms with E-state index in [1.165, 1.54) is 148 Å². The number of carbonyl (C=O) groups excluding carboxylic acids is 2. The summed E-state index contributed by atoms with van der Waals surface area (Å²) in [6, 6.07) is 0. The normalized spacial score (nSPS) is 20.0. The Morgan fingerprint density at radius 1 is 0.541 bits per heavy atom. The molecule has 0 amide bonds. The van der Waals surface area contributed by atoms with Gasteiger partial charge in [0.25, 0.3) is 10.1 Å². The molecule has 6 atom stereocenters. The van der Waals surface area contributed by atoms with Crippen LogP contribution in [0.3, 0.4) is 0 Å². The zero-order valence-corrected chi connectivity index (χ0v) is 39.4. The molecule has 61 heavy (non-hydrogen) atoms. The van der Waals surface area contributed by atoms with Gasteiger partial charge in [0.15, 0.2) is 12.4 Å². The molecule has 1 aliphatic heterocycles. The van der Waals surface area contributed by atoms with Gasteiger partial charge in [0, 0.05) is 12.8 Å². The number of aliphatic hydroxyl groups excluding tert-OH is 3. The van der Waals surface area contributed by atoms with Crippen LogP contribution < -0.4 is 0 Å². The van der Waals surface area contributed by atoms with E-state index in [1.54, 1.807) is 0 Å². The molecule has 0 aromatic rings. The highest BCUT2D eigenvalue weighted by Gasteiger charge is 2.46. The van der Waals surface area contributed by atoms with E-state index in [9.17, 15) is 37.9 Å². The first-order valence-corrected chi connectivity index (χ1v) is 26.4. The van der Waals surface area contributed by atoms with Crippen molar-refractivity contribution in [2.75, 3.05) is 19.0 Å². The van der Waals surface area contributed by atoms with Gasteiger partial charge in [-0.1, -0.05) is 187 Å². The van der Waals surface area contributed by atoms with Crippen LogP contribution in [0.4, 0.5) is 0 Å². The Labute approximate surface area is 371 Å². The summed E-state index contributed by atoms with van der Waals surface area (Å²) in [4.78, 5) is 25.4. The van der Waals surface area contributed by atoms with E-state index in [0.29, 0.717) is 12.8 Å². The quantitative estimate of drug-likeness (QED) is 0.0197. The van der Waals surface area contributed by atoms with Gasteiger partial charge in [-0.25, -0.2) is 0 Å². The van der Waals surface area contributed by atoms with Gasteiger partial charge in [0.1, 0.15) is 36.8 Å². The molecule has 0 radical (unpaired) electrons. The molecule has 1 fully saturated rings. The highest BCUT2D eigenvalue weighted by Crippen LogP contribution is 2.24. The van der Waals surface area contributed by atoms with Crippen LogP contribution in [0.1, 0.15) is 226 Å². The van der Waals surface area contributed by atoms with Gasteiger partial charge in [-0.15, -0.1) is 0 Å². The van der Waals surface area contributed by atoms with Crippen LogP contribution in [0.15, 0.2) is 12.2 Å². The predicted molar refractivity (Wildman–Crippen MR) is 243 cm³/mol. The fraction of sp³-hybridized carbons (Fsp3) is 0.917. The summed E-state index contributed by atoms with van der Waals surface area (Å²) in [7, 11) is -4.60. The Morgan fingerprint density at radius 2 is 0.934 bits per heavy atom. The molecule has 0 aromatic carbocycles. The molecule has 1 saturated heterocycles. The minimum atomic E-state index is -4.60. The smallest absolute Gasteiger partial charge is 0.306 e. The van der Waals surface area contributed by atoms with E-state index < -0.39 is 71.2 Å². The first-order valence-electron chi connectivity index (χ1n) is 24.7. The number of carbonyl (C=O) groups is 2. The lowest BCUT2D eigenvalue weighted by Gasteiger charge is -2.40. The Hall–Kier alpha value is -1.61. The second-order valence-corrected chi connectivity index (χ2v) is 19.0. The molecule has 1 rings (SSSR count). The minimum absolute atomic E-state index is 0.168. The van der Waals surface area contributed by atoms with Crippen LogP contribution in [0, 0.1) is 0 Å². The Bertz CT molecular complexity index is 1180. The molecule has 0 bridgehead atoms. The Morgan fingerprint density at radius 3 is 1.36 bits per heavy atom. The maximum absolute atomic E-state index is 12.8. The zero-order chi connectivity index (χ0) is 44.8. The van der Waals surface area contributed by atoms with E-state index in [0.717, 1.165) is 38.5 Å². The SMILES string of the molecule is CCCCCCCCCC/C=C\CCCCCCCCCCCCCC(=O)OC(COC(=O)CCCCCCCCCCCC)COC1OC(CS(=O)(=O)O)C(O)C(O)C1O. The lowest BCUT2D eigenvalue weighted by atomic mass is 10.00. The molecule has 360 valence electrons. The third-order valence-electron chi connectivity index (χ3n) is 11.6. The topological polar surface area (TPSA) is 186 Å². The lowest BCUT2D eigenvalue weighted by Crippen LogP contribution is -2.60. The molecule has 1 heterocycles. The van der Waals surface area contributed by atoms with Crippen molar-refractivity contribution in [3.8, 4) is 0 Å². The molecule has 0 aromatic heterocycles. The monoisotopic (exact) mass is 891 g/mol. The van der Waals surface area contributed by atoms with E-state index in [4.69, 9.17) is 18.9 Å². The number of unbranched alkanes of at least 4 members (excludes halogenated alkanes) is 28. The number of hydrogen-bond donors (Lipinski definition) is 4. The first-order chi connectivity index (χ1) is 29.5. The fourth-order valence-electron chi connectivity index (χ4n) is 7.73. The average molecular weight is 891 g/mol. The van der Waals surface area contributed by atoms with Gasteiger partial charge < -0.3 is 34.3 Å². The van der Waals surface area contributed by atoms with Gasteiger partial charge in [-0.2, -0.15) is 8.42 Å². The summed E-state index contributed by atoms with van der Waals surface area (Å²) in [5.41, 5.74) is 0. The summed E-state index contributed by atoms with van der Waals surface area (Å²) in [5.74, 6) is -1.97. The van der Waals surface area contributed by atoms with Crippen LogP contribution in [0.2, 0.25) is 0 Å². The van der Waals surface area contributed by atoms with E-state index in [-0.39, 0.29) is 19.4 Å². The molecule has 0 spiro atoms. The second-order valence-electron chi connectivity index (χ2n) is 17.5. The molecular weight excluding hydrogens is 801 g/mol. The highest BCUT2D eigenvalue weighted by atomic mass is 32.2. The van der Waals surface area contributed by atoms with Gasteiger partial charge >= 0.3 is 11.9 Å². The van der Waals surface area contributed by atoms with Crippen molar-refractivity contribution in [3.05, 3.63) is 12.2 Å². The molecule has 6 unspecified atom stereocenters. The number of hydrogen-bond acceptors (Lipinski definition) is 11. The maximum Gasteiger partial charge on any atom is 0.306 e. The predicted octanol–water partition coefficient (Wildman–Crippen LogP) is 10.6. The summed E-state index contributed by atoms with van der Waals surface area (Å²) < 4.78 is 54.1. The van der Waals surface area contributed by atoms with Crippen molar-refractivity contribution in [2.45, 2.75) is 263 Å². The van der Waals surface area contributed by atoms with Crippen LogP contribution in [0.25, 0.3) is 0 Å². The highest BCUT2D eigenvalue weighted by molar-refractivity contribution is 7.85. The number of aliphatic hydroxyl groups is 3. The van der Waals surface area contributed by atoms with Gasteiger partial charge in [-0.3, -0.25) is 14.1 Å². The van der Waals surface area contributed by atoms with Gasteiger partial charge in [0.2, 0.25) is 0 Å². The van der Waals surface area contributed by atoms with Gasteiger partial charge in [-0.05, 0) is 38.5 Å². The fourth-order valence-corrected chi connectivity index (χ4v) is 8.42. The number of esters is 2. The number of allylic oxidation sites excluding steroid dienone is 2. The molecule has 0 aliphatic carbocycles. The molecule has 4 N–H and O–H groups in total. The van der Waals surface area contributed by atoms with E-state index in [1.807, 2.05) is 0 Å².